The van der Waals surface area contributed by atoms with E-state index in [1.807, 2.05) is 0 Å². The number of hydrogen-bond acceptors (Lipinski definition) is 5. The lowest BCUT2D eigenvalue weighted by Gasteiger charge is -2.08. The summed E-state index contributed by atoms with van der Waals surface area (Å²) in [7, 11) is 0. The zero-order chi connectivity index (χ0) is 7.61. The monoisotopic (exact) mass is 162 g/mol. The van der Waals surface area contributed by atoms with E-state index in [2.05, 4.69) is 20.7 Å². The zero-order valence-corrected chi connectivity index (χ0v) is 6.08. The van der Waals surface area contributed by atoms with E-state index in [1.54, 1.807) is 6.92 Å². The molecule has 0 radical (unpaired) electrons. The van der Waals surface area contributed by atoms with Crippen molar-refractivity contribution in [2.24, 2.45) is 20.7 Å². The topological polar surface area (TPSA) is 86.7 Å². The summed E-state index contributed by atoms with van der Waals surface area (Å²) in [6.07, 6.45) is 0. The third-order valence-electron chi connectivity index (χ3n) is 0.957. The average molecular weight is 162 g/mol. The van der Waals surface area contributed by atoms with Gasteiger partial charge in [0.1, 0.15) is 0 Å². The highest BCUT2D eigenvalue weighted by atomic mass is 32.2. The fourth-order valence-electron chi connectivity index (χ4n) is 0.544. The van der Waals surface area contributed by atoms with Crippen molar-refractivity contribution in [1.29, 1.82) is 0 Å². The highest BCUT2D eigenvalue weighted by molar-refractivity contribution is 7.79. The van der Waals surface area contributed by atoms with E-state index in [9.17, 15) is 4.21 Å². The van der Waals surface area contributed by atoms with Gasteiger partial charge in [0.25, 0.3) is 0 Å². The molecule has 0 amide bonds. The first-order chi connectivity index (χ1) is 4.62. The number of rotatable bonds is 2. The van der Waals surface area contributed by atoms with Gasteiger partial charge < -0.3 is 4.55 Å². The van der Waals surface area contributed by atoms with Gasteiger partial charge in [0.15, 0.2) is 11.1 Å². The standard InChI is InChI=1S/C3H6N4O2S/c1-3(2-10(8)9)4-6-7-5-3/h2H2,1H3,(H,8,9). The molecule has 1 N–H and O–H groups in total. The predicted octanol–water partition coefficient (Wildman–Crippen LogP) is 0.757. The molecule has 1 unspecified atom stereocenters. The molecule has 0 aromatic heterocycles. The van der Waals surface area contributed by atoms with E-state index in [1.165, 1.54) is 0 Å². The summed E-state index contributed by atoms with van der Waals surface area (Å²) < 4.78 is 18.7. The van der Waals surface area contributed by atoms with Crippen molar-refractivity contribution in [3.8, 4) is 0 Å². The molecule has 0 saturated carbocycles. The van der Waals surface area contributed by atoms with Gasteiger partial charge in [0.05, 0.1) is 5.75 Å². The molecular weight excluding hydrogens is 156 g/mol. The highest BCUT2D eigenvalue weighted by Crippen LogP contribution is 2.19. The molecule has 0 fully saturated rings. The fourth-order valence-corrected chi connectivity index (χ4v) is 1.13. The summed E-state index contributed by atoms with van der Waals surface area (Å²) in [5.74, 6) is -0.0556. The first-order valence-electron chi connectivity index (χ1n) is 2.54. The van der Waals surface area contributed by atoms with Crippen LogP contribution in [0.1, 0.15) is 6.92 Å². The Kier molecular flexibility index (Phi) is 1.86. The lowest BCUT2D eigenvalue weighted by molar-refractivity contribution is 0.508. The second-order valence-corrected chi connectivity index (χ2v) is 2.99. The quantitative estimate of drug-likeness (QED) is 0.607. The molecule has 0 bridgehead atoms. The third kappa shape index (κ3) is 1.64. The van der Waals surface area contributed by atoms with Crippen LogP contribution in [-0.2, 0) is 11.1 Å². The van der Waals surface area contributed by atoms with Crippen molar-refractivity contribution < 1.29 is 8.76 Å². The second-order valence-electron chi connectivity index (χ2n) is 2.06. The fraction of sp³-hybridized carbons (Fsp3) is 1.00. The predicted molar refractivity (Wildman–Crippen MR) is 33.8 cm³/mol. The maximum absolute atomic E-state index is 10.3. The minimum Gasteiger partial charge on any atom is -0.306 e. The highest BCUT2D eigenvalue weighted by Gasteiger charge is 2.28. The number of nitrogens with zero attached hydrogens (tertiary/aromatic N) is 4. The van der Waals surface area contributed by atoms with Gasteiger partial charge in [-0.2, -0.15) is 0 Å². The van der Waals surface area contributed by atoms with Crippen LogP contribution in [0.2, 0.25) is 0 Å². The number of hydrogen-bond donors (Lipinski definition) is 1. The van der Waals surface area contributed by atoms with Crippen molar-refractivity contribution >= 4 is 11.1 Å². The van der Waals surface area contributed by atoms with Crippen molar-refractivity contribution in [1.82, 2.24) is 0 Å². The lowest BCUT2D eigenvalue weighted by Crippen LogP contribution is -2.24. The molecule has 6 nitrogen and oxygen atoms in total. The van der Waals surface area contributed by atoms with Crippen LogP contribution in [0, 0.1) is 0 Å². The molecule has 10 heavy (non-hydrogen) atoms. The summed E-state index contributed by atoms with van der Waals surface area (Å²) >= 11 is -1.90. The summed E-state index contributed by atoms with van der Waals surface area (Å²) in [5.41, 5.74) is -0.917. The van der Waals surface area contributed by atoms with Gasteiger partial charge in [-0.15, -0.1) is 10.2 Å². The van der Waals surface area contributed by atoms with Crippen molar-refractivity contribution in [3.63, 3.8) is 0 Å². The zero-order valence-electron chi connectivity index (χ0n) is 5.26. The van der Waals surface area contributed by atoms with Gasteiger partial charge in [-0.05, 0) is 17.4 Å². The SMILES string of the molecule is CC1(CS(=O)O)N=NN=N1. The normalized spacial score (nSPS) is 23.4. The van der Waals surface area contributed by atoms with Crippen molar-refractivity contribution in [3.05, 3.63) is 0 Å². The Balaban J connectivity index is 2.62. The Hall–Kier alpha value is -0.690. The summed E-state index contributed by atoms with van der Waals surface area (Å²) in [5, 5.41) is 13.5. The smallest absolute Gasteiger partial charge is 0.206 e. The van der Waals surface area contributed by atoms with Gasteiger partial charge >= 0.3 is 0 Å². The second kappa shape index (κ2) is 2.51. The largest absolute Gasteiger partial charge is 0.306 e. The molecule has 0 spiro atoms. The van der Waals surface area contributed by atoms with E-state index < -0.39 is 16.7 Å². The Morgan fingerprint density at radius 1 is 1.50 bits per heavy atom. The Bertz CT molecular complexity index is 201. The maximum atomic E-state index is 10.3. The van der Waals surface area contributed by atoms with Crippen LogP contribution in [0.25, 0.3) is 0 Å². The molecule has 1 rings (SSSR count). The van der Waals surface area contributed by atoms with E-state index in [4.69, 9.17) is 4.55 Å². The van der Waals surface area contributed by atoms with E-state index >= 15 is 0 Å². The molecule has 56 valence electrons. The van der Waals surface area contributed by atoms with E-state index in [0.29, 0.717) is 0 Å². The lowest BCUT2D eigenvalue weighted by atomic mass is 10.3. The summed E-state index contributed by atoms with van der Waals surface area (Å²) in [4.78, 5) is 0. The molecule has 0 aromatic carbocycles. The summed E-state index contributed by atoms with van der Waals surface area (Å²) in [6.45, 7) is 1.58. The van der Waals surface area contributed by atoms with Crippen LogP contribution >= 0.6 is 0 Å². The Labute approximate surface area is 59.7 Å². The molecule has 1 aliphatic rings. The first-order valence-corrected chi connectivity index (χ1v) is 3.81. The van der Waals surface area contributed by atoms with Crippen LogP contribution in [0.3, 0.4) is 0 Å². The van der Waals surface area contributed by atoms with Crippen LogP contribution < -0.4 is 0 Å². The molecule has 1 atom stereocenters. The molecule has 0 aromatic rings. The molecular formula is C3H6N4O2S. The molecule has 1 aliphatic heterocycles. The molecule has 0 aliphatic carbocycles. The Morgan fingerprint density at radius 3 is 2.40 bits per heavy atom. The van der Waals surface area contributed by atoms with Gasteiger partial charge in [0, 0.05) is 0 Å². The molecule has 0 saturated heterocycles. The van der Waals surface area contributed by atoms with Crippen LogP contribution in [0.5, 0.6) is 0 Å². The van der Waals surface area contributed by atoms with Crippen LogP contribution in [0.15, 0.2) is 20.7 Å². The average Bonchev–Trinajstić information content (AvgIpc) is 2.12. The summed E-state index contributed by atoms with van der Waals surface area (Å²) in [6, 6.07) is 0. The van der Waals surface area contributed by atoms with Crippen LogP contribution in [-0.4, -0.2) is 20.2 Å². The van der Waals surface area contributed by atoms with E-state index in [-0.39, 0.29) is 5.75 Å². The van der Waals surface area contributed by atoms with Gasteiger partial charge in [-0.1, -0.05) is 0 Å². The first kappa shape index (κ1) is 7.42. The van der Waals surface area contributed by atoms with Crippen LogP contribution in [0.4, 0.5) is 0 Å². The maximum Gasteiger partial charge on any atom is 0.206 e. The minimum atomic E-state index is -1.90. The van der Waals surface area contributed by atoms with Gasteiger partial charge in [-0.25, -0.2) is 4.21 Å². The third-order valence-corrected chi connectivity index (χ3v) is 1.75. The minimum absolute atomic E-state index is 0.0556. The van der Waals surface area contributed by atoms with Crippen molar-refractivity contribution in [2.45, 2.75) is 12.6 Å². The Morgan fingerprint density at radius 2 is 2.00 bits per heavy atom. The van der Waals surface area contributed by atoms with Crippen molar-refractivity contribution in [2.75, 3.05) is 5.75 Å². The van der Waals surface area contributed by atoms with Gasteiger partial charge in [0.2, 0.25) is 5.66 Å². The molecule has 7 heteroatoms. The van der Waals surface area contributed by atoms with Gasteiger partial charge in [-0.3, -0.25) is 0 Å². The van der Waals surface area contributed by atoms with E-state index in [0.717, 1.165) is 0 Å². The molecule has 1 heterocycles.